The van der Waals surface area contributed by atoms with Crippen LogP contribution in [-0.2, 0) is 0 Å². The van der Waals surface area contributed by atoms with E-state index in [1.165, 1.54) is 0 Å². The predicted octanol–water partition coefficient (Wildman–Crippen LogP) is 4.82. The third-order valence-electron chi connectivity index (χ3n) is 5.34. The highest BCUT2D eigenvalue weighted by molar-refractivity contribution is 6.33. The Labute approximate surface area is 185 Å². The first kappa shape index (κ1) is 21.0. The zero-order valence-electron chi connectivity index (χ0n) is 17.3. The highest BCUT2D eigenvalue weighted by Gasteiger charge is 2.28. The number of rotatable bonds is 5. The smallest absolute Gasteiger partial charge is 0.321 e. The zero-order valence-corrected chi connectivity index (χ0v) is 18.1. The molecule has 0 atom stereocenters. The van der Waals surface area contributed by atoms with Crippen LogP contribution in [0.25, 0.3) is 11.4 Å². The van der Waals surface area contributed by atoms with Crippen LogP contribution >= 0.6 is 11.6 Å². The van der Waals surface area contributed by atoms with E-state index >= 15 is 0 Å². The first-order chi connectivity index (χ1) is 15.1. The number of aromatic nitrogens is 2. The molecule has 0 radical (unpaired) electrons. The van der Waals surface area contributed by atoms with Gasteiger partial charge < -0.3 is 24.2 Å². The molecule has 0 aliphatic carbocycles. The number of nitrogens with one attached hydrogen (secondary N) is 1. The van der Waals surface area contributed by atoms with E-state index < -0.39 is 0 Å². The molecule has 2 heterocycles. The highest BCUT2D eigenvalue weighted by Crippen LogP contribution is 2.32. The average molecular weight is 443 g/mol. The van der Waals surface area contributed by atoms with Crippen molar-refractivity contribution in [1.29, 1.82) is 0 Å². The van der Waals surface area contributed by atoms with Gasteiger partial charge in [0.1, 0.15) is 11.5 Å². The molecule has 1 saturated heterocycles. The number of methoxy groups -OCH3 is 2. The monoisotopic (exact) mass is 442 g/mol. The number of benzene rings is 2. The number of amides is 2. The average Bonchev–Trinajstić information content (AvgIpc) is 3.29. The molecule has 4 rings (SSSR count). The van der Waals surface area contributed by atoms with Crippen molar-refractivity contribution >= 4 is 23.3 Å². The lowest BCUT2D eigenvalue weighted by molar-refractivity contribution is 0.187. The molecule has 0 unspecified atom stereocenters. The number of nitrogens with zero attached hydrogens (tertiary/aromatic N) is 3. The summed E-state index contributed by atoms with van der Waals surface area (Å²) in [6.45, 7) is 1.16. The minimum Gasteiger partial charge on any atom is -0.497 e. The van der Waals surface area contributed by atoms with Crippen LogP contribution in [0.5, 0.6) is 11.5 Å². The predicted molar refractivity (Wildman–Crippen MR) is 117 cm³/mol. The van der Waals surface area contributed by atoms with E-state index in [4.69, 9.17) is 25.6 Å². The number of urea groups is 1. The van der Waals surface area contributed by atoms with Gasteiger partial charge in [0, 0.05) is 30.6 Å². The molecule has 0 spiro atoms. The SMILES string of the molecule is COc1ccc(NC(=O)N2CCC(c3nc(-c4ccccc4Cl)no3)CC2)c(OC)c1. The quantitative estimate of drug-likeness (QED) is 0.609. The molecule has 2 amide bonds. The first-order valence-corrected chi connectivity index (χ1v) is 10.3. The fraction of sp³-hybridized carbons (Fsp3) is 0.318. The number of hydrogen-bond donors (Lipinski definition) is 1. The fourth-order valence-electron chi connectivity index (χ4n) is 3.58. The van der Waals surface area contributed by atoms with Crippen LogP contribution in [0, 0.1) is 0 Å². The Kier molecular flexibility index (Phi) is 6.27. The molecular formula is C22H23ClN4O4. The van der Waals surface area contributed by atoms with Crippen LogP contribution in [-0.4, -0.2) is 48.4 Å². The van der Waals surface area contributed by atoms with Crippen LogP contribution in [0.3, 0.4) is 0 Å². The van der Waals surface area contributed by atoms with Crippen molar-refractivity contribution in [2.45, 2.75) is 18.8 Å². The van der Waals surface area contributed by atoms with E-state index in [1.807, 2.05) is 18.2 Å². The third kappa shape index (κ3) is 4.59. The maximum Gasteiger partial charge on any atom is 0.321 e. The Morgan fingerprint density at radius 2 is 1.94 bits per heavy atom. The van der Waals surface area contributed by atoms with Gasteiger partial charge in [0.05, 0.1) is 24.9 Å². The summed E-state index contributed by atoms with van der Waals surface area (Å²) < 4.78 is 16.0. The summed E-state index contributed by atoms with van der Waals surface area (Å²) in [7, 11) is 3.13. The lowest BCUT2D eigenvalue weighted by atomic mass is 9.97. The highest BCUT2D eigenvalue weighted by atomic mass is 35.5. The second kappa shape index (κ2) is 9.26. The number of ether oxygens (including phenoxy) is 2. The third-order valence-corrected chi connectivity index (χ3v) is 5.67. The van der Waals surface area contributed by atoms with Crippen molar-refractivity contribution in [3.63, 3.8) is 0 Å². The number of carbonyl (C=O) groups excluding carboxylic acids is 1. The Bertz CT molecular complexity index is 1060. The standard InChI is InChI=1S/C22H23ClN4O4/c1-29-15-7-8-18(19(13-15)30-2)24-22(28)27-11-9-14(10-12-27)21-25-20(26-31-21)16-5-3-4-6-17(16)23/h3-8,13-14H,9-12H2,1-2H3,(H,24,28). The molecule has 0 saturated carbocycles. The van der Waals surface area contributed by atoms with Crippen molar-refractivity contribution in [1.82, 2.24) is 15.0 Å². The van der Waals surface area contributed by atoms with Crippen molar-refractivity contribution in [2.24, 2.45) is 0 Å². The van der Waals surface area contributed by atoms with Gasteiger partial charge in [-0.25, -0.2) is 4.79 Å². The van der Waals surface area contributed by atoms with Crippen LogP contribution in [0.1, 0.15) is 24.7 Å². The number of likely N-dealkylation sites (tertiary alicyclic amines) is 1. The van der Waals surface area contributed by atoms with E-state index in [0.29, 0.717) is 47.0 Å². The first-order valence-electron chi connectivity index (χ1n) is 9.95. The Morgan fingerprint density at radius 1 is 1.16 bits per heavy atom. The minimum atomic E-state index is -0.177. The maximum atomic E-state index is 12.7. The van der Waals surface area contributed by atoms with Crippen molar-refractivity contribution in [3.05, 3.63) is 53.4 Å². The number of halogens is 1. The normalized spacial score (nSPS) is 14.4. The molecule has 1 N–H and O–H groups in total. The molecule has 1 fully saturated rings. The Morgan fingerprint density at radius 3 is 2.65 bits per heavy atom. The van der Waals surface area contributed by atoms with Crippen molar-refractivity contribution in [3.8, 4) is 22.9 Å². The largest absolute Gasteiger partial charge is 0.497 e. The topological polar surface area (TPSA) is 89.7 Å². The van der Waals surface area contributed by atoms with E-state index in [2.05, 4.69) is 15.5 Å². The van der Waals surface area contributed by atoms with Crippen LogP contribution in [0.15, 0.2) is 47.0 Å². The molecule has 8 nitrogen and oxygen atoms in total. The molecular weight excluding hydrogens is 420 g/mol. The van der Waals surface area contributed by atoms with Gasteiger partial charge in [-0.1, -0.05) is 28.9 Å². The summed E-state index contributed by atoms with van der Waals surface area (Å²) in [5.74, 6) is 2.36. The summed E-state index contributed by atoms with van der Waals surface area (Å²) in [6, 6.07) is 12.5. The summed E-state index contributed by atoms with van der Waals surface area (Å²) in [5, 5.41) is 7.57. The van der Waals surface area contributed by atoms with Gasteiger partial charge in [0.25, 0.3) is 0 Å². The van der Waals surface area contributed by atoms with E-state index in [1.54, 1.807) is 43.4 Å². The molecule has 31 heavy (non-hydrogen) atoms. The van der Waals surface area contributed by atoms with Crippen LogP contribution < -0.4 is 14.8 Å². The summed E-state index contributed by atoms with van der Waals surface area (Å²) in [5.41, 5.74) is 1.33. The van der Waals surface area contributed by atoms with Crippen molar-refractivity contribution < 1.29 is 18.8 Å². The van der Waals surface area contributed by atoms with Gasteiger partial charge in [-0.15, -0.1) is 0 Å². The van der Waals surface area contributed by atoms with E-state index in [0.717, 1.165) is 18.4 Å². The number of carbonyl (C=O) groups is 1. The molecule has 2 aromatic carbocycles. The molecule has 1 aliphatic rings. The molecule has 1 aromatic heterocycles. The second-order valence-electron chi connectivity index (χ2n) is 7.19. The van der Waals surface area contributed by atoms with Crippen molar-refractivity contribution in [2.75, 3.05) is 32.6 Å². The van der Waals surface area contributed by atoms with Gasteiger partial charge in [-0.2, -0.15) is 4.98 Å². The Balaban J connectivity index is 1.37. The van der Waals surface area contributed by atoms with Gasteiger partial charge in [0.15, 0.2) is 0 Å². The van der Waals surface area contributed by atoms with Gasteiger partial charge in [0.2, 0.25) is 11.7 Å². The fourth-order valence-corrected chi connectivity index (χ4v) is 3.80. The number of piperidine rings is 1. The Hall–Kier alpha value is -3.26. The van der Waals surface area contributed by atoms with Gasteiger partial charge in [-0.3, -0.25) is 0 Å². The molecule has 9 heteroatoms. The second-order valence-corrected chi connectivity index (χ2v) is 7.60. The summed E-state index contributed by atoms with van der Waals surface area (Å²) >= 11 is 6.22. The minimum absolute atomic E-state index is 0.100. The maximum absolute atomic E-state index is 12.7. The lowest BCUT2D eigenvalue weighted by Crippen LogP contribution is -2.40. The molecule has 0 bridgehead atoms. The van der Waals surface area contributed by atoms with Crippen LogP contribution in [0.2, 0.25) is 5.02 Å². The number of hydrogen-bond acceptors (Lipinski definition) is 6. The van der Waals surface area contributed by atoms with Crippen LogP contribution in [0.4, 0.5) is 10.5 Å². The van der Waals surface area contributed by atoms with Gasteiger partial charge in [-0.05, 0) is 37.1 Å². The lowest BCUT2D eigenvalue weighted by Gasteiger charge is -2.30. The molecule has 3 aromatic rings. The van der Waals surface area contributed by atoms with E-state index in [-0.39, 0.29) is 11.9 Å². The van der Waals surface area contributed by atoms with E-state index in [9.17, 15) is 4.79 Å². The molecule has 1 aliphatic heterocycles. The van der Waals surface area contributed by atoms with Gasteiger partial charge >= 0.3 is 6.03 Å². The zero-order chi connectivity index (χ0) is 21.8. The number of anilines is 1. The summed E-state index contributed by atoms with van der Waals surface area (Å²) in [4.78, 5) is 19.0. The summed E-state index contributed by atoms with van der Waals surface area (Å²) in [6.07, 6.45) is 1.47. The molecule has 162 valence electrons.